The molecular formula is C24H20F3N3O2S2. The lowest BCUT2D eigenvalue weighted by molar-refractivity contribution is -0.137. The standard InChI is InChI=1S/C24H20F3N3O2S2/c1-13(2)14-6-8-15(9-7-14)18-11-33-22-20(18)21(32)29-23(30-22)34-12-19(31)28-17-5-3-4-16(10-17)24(25,26)27/h3-11,13H,12H2,1-2H3,(H,28,31)(H,29,30,32). The number of aromatic nitrogens is 2. The maximum atomic E-state index is 12.8. The molecule has 0 unspecified atom stereocenters. The van der Waals surface area contributed by atoms with Gasteiger partial charge >= 0.3 is 6.18 Å². The van der Waals surface area contributed by atoms with E-state index in [1.54, 1.807) is 0 Å². The topological polar surface area (TPSA) is 74.8 Å². The van der Waals surface area contributed by atoms with Crippen molar-refractivity contribution in [2.45, 2.75) is 31.1 Å². The summed E-state index contributed by atoms with van der Waals surface area (Å²) in [6.45, 7) is 4.23. The normalized spacial score (nSPS) is 11.8. The van der Waals surface area contributed by atoms with Crippen LogP contribution in [-0.2, 0) is 11.0 Å². The summed E-state index contributed by atoms with van der Waals surface area (Å²) in [5.41, 5.74) is 1.81. The van der Waals surface area contributed by atoms with Gasteiger partial charge in [0.2, 0.25) is 5.91 Å². The second-order valence-electron chi connectivity index (χ2n) is 7.89. The molecule has 0 spiro atoms. The minimum Gasteiger partial charge on any atom is -0.325 e. The number of carbonyl (C=O) groups is 1. The molecule has 0 saturated heterocycles. The average molecular weight is 504 g/mol. The second-order valence-corrected chi connectivity index (χ2v) is 9.71. The maximum absolute atomic E-state index is 12.8. The highest BCUT2D eigenvalue weighted by atomic mass is 32.2. The summed E-state index contributed by atoms with van der Waals surface area (Å²) in [4.78, 5) is 32.7. The van der Waals surface area contributed by atoms with Gasteiger partial charge < -0.3 is 10.3 Å². The zero-order valence-corrected chi connectivity index (χ0v) is 19.8. The van der Waals surface area contributed by atoms with Gasteiger partial charge in [-0.3, -0.25) is 9.59 Å². The van der Waals surface area contributed by atoms with E-state index in [2.05, 4.69) is 29.1 Å². The van der Waals surface area contributed by atoms with E-state index in [4.69, 9.17) is 0 Å². The number of fused-ring (bicyclic) bond motifs is 1. The molecule has 2 N–H and O–H groups in total. The Morgan fingerprint density at radius 2 is 1.91 bits per heavy atom. The molecule has 5 nitrogen and oxygen atoms in total. The predicted octanol–water partition coefficient (Wildman–Crippen LogP) is 6.52. The number of thiophene rings is 1. The molecule has 0 aliphatic heterocycles. The number of nitrogens with zero attached hydrogens (tertiary/aromatic N) is 1. The minimum absolute atomic E-state index is 0.0451. The number of benzene rings is 2. The summed E-state index contributed by atoms with van der Waals surface area (Å²) in [6.07, 6.45) is -4.50. The molecule has 2 aromatic carbocycles. The number of hydrogen-bond donors (Lipinski definition) is 2. The number of H-pyrrole nitrogens is 1. The molecule has 34 heavy (non-hydrogen) atoms. The van der Waals surface area contributed by atoms with Crippen molar-refractivity contribution in [3.63, 3.8) is 0 Å². The van der Waals surface area contributed by atoms with Crippen molar-refractivity contribution >= 4 is 44.9 Å². The number of nitrogens with one attached hydrogen (secondary N) is 2. The molecular weight excluding hydrogens is 483 g/mol. The fourth-order valence-corrected chi connectivity index (χ4v) is 5.03. The highest BCUT2D eigenvalue weighted by Gasteiger charge is 2.30. The highest BCUT2D eigenvalue weighted by molar-refractivity contribution is 7.99. The molecule has 0 bridgehead atoms. The van der Waals surface area contributed by atoms with Gasteiger partial charge in [0.05, 0.1) is 16.7 Å². The third-order valence-electron chi connectivity index (χ3n) is 5.12. The SMILES string of the molecule is CC(C)c1ccc(-c2csc3nc(SCC(=O)Nc4cccc(C(F)(F)F)c4)[nH]c(=O)c23)cc1. The Morgan fingerprint density at radius 3 is 2.59 bits per heavy atom. The summed E-state index contributed by atoms with van der Waals surface area (Å²) in [7, 11) is 0. The fraction of sp³-hybridized carbons (Fsp3) is 0.208. The van der Waals surface area contributed by atoms with Gasteiger partial charge in [0.15, 0.2) is 5.16 Å². The first-order valence-corrected chi connectivity index (χ1v) is 12.2. The number of aromatic amines is 1. The van der Waals surface area contributed by atoms with Crippen LogP contribution in [0.3, 0.4) is 0 Å². The van der Waals surface area contributed by atoms with Gasteiger partial charge in [-0.15, -0.1) is 11.3 Å². The second kappa shape index (κ2) is 9.63. The monoisotopic (exact) mass is 503 g/mol. The molecule has 2 aromatic heterocycles. The lowest BCUT2D eigenvalue weighted by Gasteiger charge is -2.09. The van der Waals surface area contributed by atoms with Crippen LogP contribution in [0.5, 0.6) is 0 Å². The van der Waals surface area contributed by atoms with Crippen LogP contribution in [0, 0.1) is 0 Å². The van der Waals surface area contributed by atoms with E-state index in [1.807, 2.05) is 29.6 Å². The van der Waals surface area contributed by atoms with Crippen LogP contribution in [0.25, 0.3) is 21.3 Å². The minimum atomic E-state index is -4.50. The molecule has 4 rings (SSSR count). The summed E-state index contributed by atoms with van der Waals surface area (Å²) in [5, 5.41) is 5.07. The first-order chi connectivity index (χ1) is 16.1. The number of alkyl halides is 3. The molecule has 0 saturated carbocycles. The molecule has 176 valence electrons. The van der Waals surface area contributed by atoms with Crippen LogP contribution in [-0.4, -0.2) is 21.6 Å². The zero-order chi connectivity index (χ0) is 24.5. The van der Waals surface area contributed by atoms with Crippen LogP contribution in [0.2, 0.25) is 0 Å². The molecule has 10 heteroatoms. The van der Waals surface area contributed by atoms with Gasteiger partial charge in [-0.05, 0) is 35.2 Å². The van der Waals surface area contributed by atoms with Gasteiger partial charge in [-0.2, -0.15) is 13.2 Å². The van der Waals surface area contributed by atoms with Crippen LogP contribution >= 0.6 is 23.1 Å². The van der Waals surface area contributed by atoms with Crippen LogP contribution in [0.1, 0.15) is 30.9 Å². The maximum Gasteiger partial charge on any atom is 0.416 e. The average Bonchev–Trinajstić information content (AvgIpc) is 3.22. The first-order valence-electron chi connectivity index (χ1n) is 10.3. The number of amides is 1. The Hall–Kier alpha value is -3.11. The number of halogens is 3. The Balaban J connectivity index is 1.47. The molecule has 0 atom stereocenters. The lowest BCUT2D eigenvalue weighted by atomic mass is 9.99. The molecule has 0 radical (unpaired) electrons. The summed E-state index contributed by atoms with van der Waals surface area (Å²) in [6, 6.07) is 12.5. The van der Waals surface area contributed by atoms with E-state index in [0.717, 1.165) is 35.0 Å². The van der Waals surface area contributed by atoms with Crippen molar-refractivity contribution in [1.29, 1.82) is 0 Å². The summed E-state index contributed by atoms with van der Waals surface area (Å²) >= 11 is 2.34. The molecule has 0 aliphatic rings. The van der Waals surface area contributed by atoms with E-state index in [0.29, 0.717) is 16.1 Å². The molecule has 0 fully saturated rings. The number of rotatable bonds is 6. The third kappa shape index (κ3) is 5.34. The molecule has 0 aliphatic carbocycles. The number of hydrogen-bond acceptors (Lipinski definition) is 5. The number of thioether (sulfide) groups is 1. The number of anilines is 1. The summed E-state index contributed by atoms with van der Waals surface area (Å²) < 4.78 is 38.5. The van der Waals surface area contributed by atoms with Crippen molar-refractivity contribution < 1.29 is 18.0 Å². The van der Waals surface area contributed by atoms with Gasteiger partial charge in [0.1, 0.15) is 4.83 Å². The highest BCUT2D eigenvalue weighted by Crippen LogP contribution is 2.33. The Labute approximate surface area is 201 Å². The smallest absolute Gasteiger partial charge is 0.325 e. The first kappa shape index (κ1) is 24.0. The Bertz CT molecular complexity index is 1390. The molecule has 2 heterocycles. The number of carbonyl (C=O) groups excluding carboxylic acids is 1. The van der Waals surface area contributed by atoms with Gasteiger partial charge in [-0.25, -0.2) is 4.98 Å². The van der Waals surface area contributed by atoms with Gasteiger partial charge in [0.25, 0.3) is 5.56 Å². The van der Waals surface area contributed by atoms with Gasteiger partial charge in [-0.1, -0.05) is 55.9 Å². The summed E-state index contributed by atoms with van der Waals surface area (Å²) in [5.74, 6) is -0.229. The van der Waals surface area contributed by atoms with Crippen molar-refractivity contribution in [1.82, 2.24) is 9.97 Å². The van der Waals surface area contributed by atoms with Crippen molar-refractivity contribution in [2.75, 3.05) is 11.1 Å². The van der Waals surface area contributed by atoms with E-state index < -0.39 is 17.6 Å². The van der Waals surface area contributed by atoms with Crippen LogP contribution in [0.4, 0.5) is 18.9 Å². The van der Waals surface area contributed by atoms with E-state index in [1.165, 1.54) is 29.0 Å². The van der Waals surface area contributed by atoms with E-state index in [-0.39, 0.29) is 22.2 Å². The third-order valence-corrected chi connectivity index (χ3v) is 6.87. The van der Waals surface area contributed by atoms with Crippen LogP contribution in [0.15, 0.2) is 63.9 Å². The van der Waals surface area contributed by atoms with Gasteiger partial charge in [0, 0.05) is 16.6 Å². The van der Waals surface area contributed by atoms with E-state index in [9.17, 15) is 22.8 Å². The quantitative estimate of drug-likeness (QED) is 0.232. The Kier molecular flexibility index (Phi) is 6.81. The zero-order valence-electron chi connectivity index (χ0n) is 18.2. The van der Waals surface area contributed by atoms with Crippen molar-refractivity contribution in [3.05, 3.63) is 75.4 Å². The van der Waals surface area contributed by atoms with E-state index >= 15 is 0 Å². The van der Waals surface area contributed by atoms with Crippen LogP contribution < -0.4 is 10.9 Å². The van der Waals surface area contributed by atoms with Crippen molar-refractivity contribution in [3.8, 4) is 11.1 Å². The van der Waals surface area contributed by atoms with Crippen molar-refractivity contribution in [2.24, 2.45) is 0 Å². The largest absolute Gasteiger partial charge is 0.416 e. The molecule has 4 aromatic rings. The fourth-order valence-electron chi connectivity index (χ4n) is 3.36. The molecule has 1 amide bonds. The Morgan fingerprint density at radius 1 is 1.18 bits per heavy atom. The predicted molar refractivity (Wildman–Crippen MR) is 131 cm³/mol. The lowest BCUT2D eigenvalue weighted by Crippen LogP contribution is -2.16.